The van der Waals surface area contributed by atoms with Crippen molar-refractivity contribution in [2.24, 2.45) is 0 Å². The molecule has 1 aromatic heterocycles. The molecule has 0 aliphatic carbocycles. The molecule has 3 heterocycles. The van der Waals surface area contributed by atoms with Gasteiger partial charge in [0.05, 0.1) is 11.1 Å². The minimum absolute atomic E-state index is 0.228. The van der Waals surface area contributed by atoms with Crippen LogP contribution in [0.3, 0.4) is 0 Å². The van der Waals surface area contributed by atoms with Crippen LogP contribution in [0.2, 0.25) is 0 Å². The molecule has 0 fully saturated rings. The largest absolute Gasteiger partial charge is 0.358 e. The molecule has 0 bridgehead atoms. The van der Waals surface area contributed by atoms with Crippen LogP contribution in [0.25, 0.3) is 22.8 Å². The molecule has 3 N–H and O–H groups in total. The number of nitrogens with one attached hydrogen (secondary N) is 3. The first-order chi connectivity index (χ1) is 14.0. The van der Waals surface area contributed by atoms with Crippen molar-refractivity contribution in [1.82, 2.24) is 10.3 Å². The lowest BCUT2D eigenvalue weighted by Crippen LogP contribution is -2.31. The zero-order valence-electron chi connectivity index (χ0n) is 15.1. The Morgan fingerprint density at radius 3 is 2.45 bits per heavy atom. The number of hydrogen-bond donors (Lipinski definition) is 3. The molecule has 0 radical (unpaired) electrons. The highest BCUT2D eigenvalue weighted by Gasteiger charge is 2.29. The SMILES string of the molecule is O=C1Nc2ccc(F)cc2/C1=C/c1[nH]c2c(c1-c1ccc(F)cc1)C(=O)NCC2. The van der Waals surface area contributed by atoms with Gasteiger partial charge in [-0.2, -0.15) is 0 Å². The van der Waals surface area contributed by atoms with Crippen LogP contribution >= 0.6 is 0 Å². The van der Waals surface area contributed by atoms with Crippen LogP contribution < -0.4 is 10.6 Å². The monoisotopic (exact) mass is 391 g/mol. The second-order valence-corrected chi connectivity index (χ2v) is 6.98. The first-order valence-corrected chi connectivity index (χ1v) is 9.13. The number of halogens is 2. The summed E-state index contributed by atoms with van der Waals surface area (Å²) in [7, 11) is 0. The Kier molecular flexibility index (Phi) is 3.84. The van der Waals surface area contributed by atoms with Crippen molar-refractivity contribution in [3.63, 3.8) is 0 Å². The number of rotatable bonds is 2. The highest BCUT2D eigenvalue weighted by molar-refractivity contribution is 6.35. The molecule has 2 aliphatic rings. The standard InChI is InChI=1S/C22H15F2N3O2/c23-12-3-1-11(2-4-12)19-18(26-17-7-8-25-22(29)20(17)19)10-15-14-9-13(24)5-6-16(14)27-21(15)28/h1-6,9-10,26H,7-8H2,(H,25,29)(H,27,28)/b15-10-. The first kappa shape index (κ1) is 17.4. The van der Waals surface area contributed by atoms with E-state index in [-0.39, 0.29) is 17.6 Å². The number of H-pyrrole nitrogens is 1. The van der Waals surface area contributed by atoms with Gasteiger partial charge in [0.15, 0.2) is 0 Å². The molecule has 2 aliphatic heterocycles. The Morgan fingerprint density at radius 1 is 0.897 bits per heavy atom. The Labute approximate surface area is 164 Å². The van der Waals surface area contributed by atoms with Crippen LogP contribution in [0.4, 0.5) is 14.5 Å². The van der Waals surface area contributed by atoms with Crippen LogP contribution in [0.5, 0.6) is 0 Å². The van der Waals surface area contributed by atoms with Gasteiger partial charge in [-0.25, -0.2) is 8.78 Å². The molecular formula is C22H15F2N3O2. The summed E-state index contributed by atoms with van der Waals surface area (Å²) < 4.78 is 27.2. The maximum Gasteiger partial charge on any atom is 0.256 e. The molecule has 5 rings (SSSR count). The van der Waals surface area contributed by atoms with Crippen LogP contribution in [0, 0.1) is 11.6 Å². The topological polar surface area (TPSA) is 74.0 Å². The van der Waals surface area contributed by atoms with Crippen molar-refractivity contribution in [1.29, 1.82) is 0 Å². The summed E-state index contributed by atoms with van der Waals surface area (Å²) >= 11 is 0. The number of aromatic nitrogens is 1. The number of fused-ring (bicyclic) bond motifs is 2. The highest BCUT2D eigenvalue weighted by Crippen LogP contribution is 2.38. The molecular weight excluding hydrogens is 376 g/mol. The number of aromatic amines is 1. The van der Waals surface area contributed by atoms with Crippen LogP contribution in [0.1, 0.15) is 27.3 Å². The minimum atomic E-state index is -0.449. The molecule has 144 valence electrons. The Bertz CT molecular complexity index is 1210. The van der Waals surface area contributed by atoms with Gasteiger partial charge in [0.1, 0.15) is 11.6 Å². The van der Waals surface area contributed by atoms with Crippen molar-refractivity contribution >= 4 is 29.2 Å². The molecule has 0 atom stereocenters. The molecule has 0 unspecified atom stereocenters. The Balaban J connectivity index is 1.73. The fourth-order valence-corrected chi connectivity index (χ4v) is 3.87. The van der Waals surface area contributed by atoms with E-state index in [2.05, 4.69) is 15.6 Å². The fourth-order valence-electron chi connectivity index (χ4n) is 3.87. The third-order valence-electron chi connectivity index (χ3n) is 5.18. The molecule has 7 heteroatoms. The summed E-state index contributed by atoms with van der Waals surface area (Å²) in [5.74, 6) is -1.42. The van der Waals surface area contributed by atoms with Crippen LogP contribution in [-0.2, 0) is 11.2 Å². The van der Waals surface area contributed by atoms with Gasteiger partial charge in [-0.1, -0.05) is 12.1 Å². The predicted octanol–water partition coefficient (Wildman–Crippen LogP) is 3.74. The van der Waals surface area contributed by atoms with Gasteiger partial charge < -0.3 is 15.6 Å². The number of carbonyl (C=O) groups is 2. The molecule has 2 amide bonds. The molecule has 29 heavy (non-hydrogen) atoms. The zero-order chi connectivity index (χ0) is 20.1. The van der Waals surface area contributed by atoms with Crippen molar-refractivity contribution in [3.8, 4) is 11.1 Å². The van der Waals surface area contributed by atoms with E-state index in [0.29, 0.717) is 52.2 Å². The highest BCUT2D eigenvalue weighted by atomic mass is 19.1. The van der Waals surface area contributed by atoms with E-state index >= 15 is 0 Å². The normalized spacial score (nSPS) is 16.4. The van der Waals surface area contributed by atoms with Crippen LogP contribution in [-0.4, -0.2) is 23.3 Å². The van der Waals surface area contributed by atoms with Gasteiger partial charge in [-0.3, -0.25) is 9.59 Å². The summed E-state index contributed by atoms with van der Waals surface area (Å²) in [6, 6.07) is 9.90. The van der Waals surface area contributed by atoms with E-state index in [1.165, 1.54) is 30.3 Å². The number of amides is 2. The van der Waals surface area contributed by atoms with Crippen molar-refractivity contribution in [2.75, 3.05) is 11.9 Å². The van der Waals surface area contributed by atoms with Gasteiger partial charge in [-0.15, -0.1) is 0 Å². The quantitative estimate of drug-likeness (QED) is 0.583. The summed E-state index contributed by atoms with van der Waals surface area (Å²) in [6.45, 7) is 0.500. The number of carbonyl (C=O) groups excluding carboxylic acids is 2. The predicted molar refractivity (Wildman–Crippen MR) is 105 cm³/mol. The third-order valence-corrected chi connectivity index (χ3v) is 5.18. The van der Waals surface area contributed by atoms with Crippen molar-refractivity contribution in [3.05, 3.63) is 76.6 Å². The molecule has 2 aromatic carbocycles. The van der Waals surface area contributed by atoms with Gasteiger partial charge >= 0.3 is 0 Å². The van der Waals surface area contributed by atoms with Gasteiger partial charge in [-0.05, 0) is 42.0 Å². The molecule has 5 nitrogen and oxygen atoms in total. The summed E-state index contributed by atoms with van der Waals surface area (Å²) in [4.78, 5) is 28.3. The maximum atomic E-state index is 13.8. The summed E-state index contributed by atoms with van der Waals surface area (Å²) in [5.41, 5.74) is 4.28. The maximum absolute atomic E-state index is 13.8. The molecule has 3 aromatic rings. The van der Waals surface area contributed by atoms with Crippen molar-refractivity contribution in [2.45, 2.75) is 6.42 Å². The lowest BCUT2D eigenvalue weighted by atomic mass is 9.95. The number of hydrogen-bond acceptors (Lipinski definition) is 2. The smallest absolute Gasteiger partial charge is 0.256 e. The first-order valence-electron chi connectivity index (χ1n) is 9.13. The van der Waals surface area contributed by atoms with Gasteiger partial charge in [0.25, 0.3) is 11.8 Å². The fraction of sp³-hybridized carbons (Fsp3) is 0.0909. The van der Waals surface area contributed by atoms with Crippen molar-refractivity contribution < 1.29 is 18.4 Å². The second kappa shape index (κ2) is 6.41. The van der Waals surface area contributed by atoms with E-state index in [9.17, 15) is 18.4 Å². The van der Waals surface area contributed by atoms with Gasteiger partial charge in [0, 0.05) is 41.2 Å². The average Bonchev–Trinajstić information content (AvgIpc) is 3.21. The zero-order valence-corrected chi connectivity index (χ0v) is 15.1. The lowest BCUT2D eigenvalue weighted by molar-refractivity contribution is -0.110. The van der Waals surface area contributed by atoms with E-state index in [0.717, 1.165) is 5.69 Å². The van der Waals surface area contributed by atoms with E-state index in [1.807, 2.05) is 0 Å². The number of anilines is 1. The van der Waals surface area contributed by atoms with E-state index in [1.54, 1.807) is 18.2 Å². The lowest BCUT2D eigenvalue weighted by Gasteiger charge is -2.14. The van der Waals surface area contributed by atoms with E-state index < -0.39 is 5.82 Å². The molecule has 0 saturated carbocycles. The number of benzene rings is 2. The summed E-state index contributed by atoms with van der Waals surface area (Å²) in [6.07, 6.45) is 2.22. The summed E-state index contributed by atoms with van der Waals surface area (Å²) in [5, 5.41) is 5.53. The molecule has 0 saturated heterocycles. The average molecular weight is 391 g/mol. The van der Waals surface area contributed by atoms with Gasteiger partial charge in [0.2, 0.25) is 0 Å². The Hall–Kier alpha value is -3.74. The Morgan fingerprint density at radius 2 is 1.66 bits per heavy atom. The third kappa shape index (κ3) is 2.82. The van der Waals surface area contributed by atoms with Crippen LogP contribution in [0.15, 0.2) is 42.5 Å². The minimum Gasteiger partial charge on any atom is -0.358 e. The second-order valence-electron chi connectivity index (χ2n) is 6.98. The molecule has 0 spiro atoms. The van der Waals surface area contributed by atoms with E-state index in [4.69, 9.17) is 0 Å².